The largest absolute Gasteiger partial charge is 0.367 e. The van der Waals surface area contributed by atoms with E-state index in [1.54, 1.807) is 13.0 Å². The van der Waals surface area contributed by atoms with Gasteiger partial charge in [-0.2, -0.15) is 0 Å². The van der Waals surface area contributed by atoms with Crippen LogP contribution >= 0.6 is 23.2 Å². The van der Waals surface area contributed by atoms with Gasteiger partial charge in [-0.1, -0.05) is 23.2 Å². The molecule has 1 atom stereocenters. The molecular formula is C10H14Cl2N4O. The SMILES string of the molecule is C[C@@H](N)C(=O)NCCNc1ncc(Cl)cc1Cl. The van der Waals surface area contributed by atoms with Gasteiger partial charge >= 0.3 is 0 Å². The highest BCUT2D eigenvalue weighted by atomic mass is 35.5. The van der Waals surface area contributed by atoms with Crippen LogP contribution in [-0.4, -0.2) is 30.0 Å². The summed E-state index contributed by atoms with van der Waals surface area (Å²) in [7, 11) is 0. The smallest absolute Gasteiger partial charge is 0.236 e. The van der Waals surface area contributed by atoms with Crippen LogP contribution in [0, 0.1) is 0 Å². The molecule has 1 heterocycles. The van der Waals surface area contributed by atoms with Gasteiger partial charge in [-0.25, -0.2) is 4.98 Å². The van der Waals surface area contributed by atoms with Crippen molar-refractivity contribution in [2.24, 2.45) is 5.73 Å². The maximum atomic E-state index is 11.1. The van der Waals surface area contributed by atoms with Crippen LogP contribution in [-0.2, 0) is 4.79 Å². The van der Waals surface area contributed by atoms with Crippen LogP contribution in [0.1, 0.15) is 6.92 Å². The summed E-state index contributed by atoms with van der Waals surface area (Å²) in [6.45, 7) is 2.58. The number of aromatic nitrogens is 1. The Hall–Kier alpha value is -1.04. The van der Waals surface area contributed by atoms with E-state index in [-0.39, 0.29) is 5.91 Å². The third kappa shape index (κ3) is 4.77. The number of amides is 1. The van der Waals surface area contributed by atoms with Gasteiger partial charge in [0.2, 0.25) is 5.91 Å². The number of rotatable bonds is 5. The van der Waals surface area contributed by atoms with Crippen LogP contribution in [0.15, 0.2) is 12.3 Å². The molecule has 0 aromatic carbocycles. The van der Waals surface area contributed by atoms with Crippen molar-refractivity contribution in [2.75, 3.05) is 18.4 Å². The molecule has 0 radical (unpaired) electrons. The maximum absolute atomic E-state index is 11.1. The second-order valence-electron chi connectivity index (χ2n) is 3.49. The molecule has 17 heavy (non-hydrogen) atoms. The third-order valence-electron chi connectivity index (χ3n) is 1.94. The predicted molar refractivity (Wildman–Crippen MR) is 69.4 cm³/mol. The van der Waals surface area contributed by atoms with Crippen LogP contribution in [0.25, 0.3) is 0 Å². The van der Waals surface area contributed by atoms with Crippen molar-refractivity contribution >= 4 is 34.9 Å². The Morgan fingerprint density at radius 1 is 1.53 bits per heavy atom. The van der Waals surface area contributed by atoms with E-state index in [2.05, 4.69) is 15.6 Å². The lowest BCUT2D eigenvalue weighted by Crippen LogP contribution is -2.40. The average molecular weight is 277 g/mol. The standard InChI is InChI=1S/C10H14Cl2N4O/c1-6(13)10(17)15-3-2-14-9-8(12)4-7(11)5-16-9/h4-6H,2-3,13H2,1H3,(H,14,16)(H,15,17)/t6-/m1/s1. The van der Waals surface area contributed by atoms with Crippen molar-refractivity contribution in [1.82, 2.24) is 10.3 Å². The molecule has 5 nitrogen and oxygen atoms in total. The lowest BCUT2D eigenvalue weighted by molar-refractivity contribution is -0.121. The van der Waals surface area contributed by atoms with E-state index in [0.717, 1.165) is 0 Å². The maximum Gasteiger partial charge on any atom is 0.236 e. The minimum atomic E-state index is -0.507. The molecule has 1 aromatic heterocycles. The van der Waals surface area contributed by atoms with E-state index in [9.17, 15) is 4.79 Å². The van der Waals surface area contributed by atoms with E-state index < -0.39 is 6.04 Å². The molecule has 0 bridgehead atoms. The Kier molecular flexibility index (Phi) is 5.47. The highest BCUT2D eigenvalue weighted by molar-refractivity contribution is 6.35. The third-order valence-corrected chi connectivity index (χ3v) is 2.43. The van der Waals surface area contributed by atoms with Gasteiger partial charge < -0.3 is 16.4 Å². The number of carbonyl (C=O) groups excluding carboxylic acids is 1. The quantitative estimate of drug-likeness (QED) is 0.708. The number of nitrogens with two attached hydrogens (primary N) is 1. The molecule has 94 valence electrons. The first-order valence-electron chi connectivity index (χ1n) is 5.09. The van der Waals surface area contributed by atoms with Crippen molar-refractivity contribution in [2.45, 2.75) is 13.0 Å². The second kappa shape index (κ2) is 6.64. The molecule has 0 aliphatic rings. The fourth-order valence-corrected chi connectivity index (χ4v) is 1.52. The van der Waals surface area contributed by atoms with Gasteiger partial charge in [-0.05, 0) is 13.0 Å². The molecule has 0 aliphatic heterocycles. The Bertz CT molecular complexity index is 398. The molecule has 0 aliphatic carbocycles. The van der Waals surface area contributed by atoms with Gasteiger partial charge in [0.05, 0.1) is 16.1 Å². The minimum absolute atomic E-state index is 0.193. The molecule has 1 rings (SSSR count). The summed E-state index contributed by atoms with van der Waals surface area (Å²) >= 11 is 11.6. The molecule has 0 unspecified atom stereocenters. The molecule has 7 heteroatoms. The number of pyridine rings is 1. The zero-order valence-corrected chi connectivity index (χ0v) is 10.8. The number of anilines is 1. The monoisotopic (exact) mass is 276 g/mol. The highest BCUT2D eigenvalue weighted by Gasteiger charge is 2.06. The molecular weight excluding hydrogens is 263 g/mol. The van der Waals surface area contributed by atoms with E-state index in [4.69, 9.17) is 28.9 Å². The van der Waals surface area contributed by atoms with Crippen LogP contribution < -0.4 is 16.4 Å². The molecule has 1 aromatic rings. The predicted octanol–water partition coefficient (Wildman–Crippen LogP) is 1.26. The summed E-state index contributed by atoms with van der Waals surface area (Å²) in [6.07, 6.45) is 1.50. The normalized spacial score (nSPS) is 12.0. The number of nitrogens with one attached hydrogen (secondary N) is 2. The zero-order valence-electron chi connectivity index (χ0n) is 9.34. The number of hydrogen-bond donors (Lipinski definition) is 3. The molecule has 4 N–H and O–H groups in total. The first kappa shape index (κ1) is 14.0. The summed E-state index contributed by atoms with van der Waals surface area (Å²) in [5, 5.41) is 6.56. The molecule has 1 amide bonds. The number of halogens is 2. The Balaban J connectivity index is 2.34. The van der Waals surface area contributed by atoms with Gasteiger partial charge in [0.15, 0.2) is 0 Å². The van der Waals surface area contributed by atoms with E-state index in [1.165, 1.54) is 6.20 Å². The van der Waals surface area contributed by atoms with Crippen LogP contribution in [0.4, 0.5) is 5.82 Å². The van der Waals surface area contributed by atoms with Gasteiger partial charge in [0, 0.05) is 19.3 Å². The second-order valence-corrected chi connectivity index (χ2v) is 4.33. The minimum Gasteiger partial charge on any atom is -0.367 e. The zero-order chi connectivity index (χ0) is 12.8. The van der Waals surface area contributed by atoms with Gasteiger partial charge in [0.1, 0.15) is 5.82 Å². The fourth-order valence-electron chi connectivity index (χ4n) is 1.07. The average Bonchev–Trinajstić information content (AvgIpc) is 2.26. The summed E-state index contributed by atoms with van der Waals surface area (Å²) in [4.78, 5) is 15.2. The molecule has 0 spiro atoms. The summed E-state index contributed by atoms with van der Waals surface area (Å²) in [5.74, 6) is 0.341. The van der Waals surface area contributed by atoms with Crippen molar-refractivity contribution < 1.29 is 4.79 Å². The van der Waals surface area contributed by atoms with Crippen molar-refractivity contribution in [1.29, 1.82) is 0 Å². The molecule has 0 saturated carbocycles. The molecule has 0 fully saturated rings. The van der Waals surface area contributed by atoms with Crippen molar-refractivity contribution in [3.05, 3.63) is 22.3 Å². The number of hydrogen-bond acceptors (Lipinski definition) is 4. The van der Waals surface area contributed by atoms with E-state index in [1.807, 2.05) is 0 Å². The lowest BCUT2D eigenvalue weighted by Gasteiger charge is -2.09. The van der Waals surface area contributed by atoms with Crippen LogP contribution in [0.2, 0.25) is 10.0 Å². The highest BCUT2D eigenvalue weighted by Crippen LogP contribution is 2.21. The summed E-state index contributed by atoms with van der Waals surface area (Å²) in [5.41, 5.74) is 5.39. The first-order valence-corrected chi connectivity index (χ1v) is 5.84. The molecule has 0 saturated heterocycles. The summed E-state index contributed by atoms with van der Waals surface area (Å²) in [6, 6.07) is 1.09. The number of nitrogens with zero attached hydrogens (tertiary/aromatic N) is 1. The van der Waals surface area contributed by atoms with E-state index >= 15 is 0 Å². The summed E-state index contributed by atoms with van der Waals surface area (Å²) < 4.78 is 0. The van der Waals surface area contributed by atoms with Crippen molar-refractivity contribution in [3.8, 4) is 0 Å². The van der Waals surface area contributed by atoms with Crippen LogP contribution in [0.5, 0.6) is 0 Å². The van der Waals surface area contributed by atoms with Gasteiger partial charge in [-0.3, -0.25) is 4.79 Å². The van der Waals surface area contributed by atoms with Gasteiger partial charge in [-0.15, -0.1) is 0 Å². The van der Waals surface area contributed by atoms with E-state index in [0.29, 0.717) is 29.0 Å². The Labute approximate surface area is 110 Å². The number of carbonyl (C=O) groups is 1. The Morgan fingerprint density at radius 3 is 2.82 bits per heavy atom. The van der Waals surface area contributed by atoms with Crippen molar-refractivity contribution in [3.63, 3.8) is 0 Å². The van der Waals surface area contributed by atoms with Crippen LogP contribution in [0.3, 0.4) is 0 Å². The lowest BCUT2D eigenvalue weighted by atomic mass is 10.3. The Morgan fingerprint density at radius 2 is 2.24 bits per heavy atom. The topological polar surface area (TPSA) is 80.0 Å². The first-order chi connectivity index (χ1) is 8.00. The fraction of sp³-hybridized carbons (Fsp3) is 0.400. The van der Waals surface area contributed by atoms with Gasteiger partial charge in [0.25, 0.3) is 0 Å².